The molecule has 0 saturated heterocycles. The first kappa shape index (κ1) is 25.9. The molecule has 5 aromatic rings. The van der Waals surface area contributed by atoms with Gasteiger partial charge in [-0.15, -0.1) is 5.10 Å². The Morgan fingerprint density at radius 2 is 1.89 bits per heavy atom. The Bertz CT molecular complexity index is 1590. The molecule has 196 valence electrons. The summed E-state index contributed by atoms with van der Waals surface area (Å²) in [5.41, 5.74) is 2.94. The highest BCUT2D eigenvalue weighted by atomic mass is 35.5. The van der Waals surface area contributed by atoms with Gasteiger partial charge in [0, 0.05) is 22.6 Å². The summed E-state index contributed by atoms with van der Waals surface area (Å²) in [6.45, 7) is 9.26. The SMILES string of the molecule is CCC(C)(C)n1nnnc1C(c1cc2cc(C)ccc2[nH]c1=O)N(Cc1ccc(Cl)cc1)Cc1ccco1. The summed E-state index contributed by atoms with van der Waals surface area (Å²) in [7, 11) is 0. The average Bonchev–Trinajstić information content (AvgIpc) is 3.59. The van der Waals surface area contributed by atoms with Crippen molar-refractivity contribution in [1.82, 2.24) is 30.1 Å². The molecule has 0 fully saturated rings. The van der Waals surface area contributed by atoms with Crippen molar-refractivity contribution in [2.75, 3.05) is 0 Å². The zero-order valence-electron chi connectivity index (χ0n) is 22.0. The van der Waals surface area contributed by atoms with Crippen LogP contribution in [0.15, 0.2) is 76.1 Å². The number of nitrogens with zero attached hydrogens (tertiary/aromatic N) is 5. The number of nitrogens with one attached hydrogen (secondary N) is 1. The van der Waals surface area contributed by atoms with Crippen molar-refractivity contribution >= 4 is 22.5 Å². The number of H-pyrrole nitrogens is 1. The Hall–Kier alpha value is -3.75. The number of aromatic nitrogens is 5. The van der Waals surface area contributed by atoms with E-state index in [4.69, 9.17) is 16.0 Å². The number of benzene rings is 2. The molecule has 0 aliphatic rings. The number of pyridine rings is 1. The number of aryl methyl sites for hydroxylation is 1. The Morgan fingerprint density at radius 1 is 1.11 bits per heavy atom. The van der Waals surface area contributed by atoms with Crippen LogP contribution in [0.5, 0.6) is 0 Å². The smallest absolute Gasteiger partial charge is 0.253 e. The van der Waals surface area contributed by atoms with Gasteiger partial charge >= 0.3 is 0 Å². The van der Waals surface area contributed by atoms with E-state index in [0.717, 1.165) is 34.2 Å². The third-order valence-corrected chi connectivity index (χ3v) is 7.35. The second-order valence-corrected chi connectivity index (χ2v) is 10.7. The van der Waals surface area contributed by atoms with Crippen LogP contribution < -0.4 is 5.56 Å². The Balaban J connectivity index is 1.73. The first-order chi connectivity index (χ1) is 18.2. The number of hydrogen-bond donors (Lipinski definition) is 1. The number of furan rings is 1. The van der Waals surface area contributed by atoms with Crippen molar-refractivity contribution in [2.45, 2.75) is 58.8 Å². The molecule has 3 heterocycles. The predicted molar refractivity (Wildman–Crippen MR) is 148 cm³/mol. The van der Waals surface area contributed by atoms with Crippen molar-refractivity contribution < 1.29 is 4.42 Å². The molecule has 1 unspecified atom stereocenters. The van der Waals surface area contributed by atoms with Gasteiger partial charge in [0.15, 0.2) is 5.82 Å². The van der Waals surface area contributed by atoms with Gasteiger partial charge in [-0.2, -0.15) is 0 Å². The lowest BCUT2D eigenvalue weighted by Gasteiger charge is -2.33. The first-order valence-corrected chi connectivity index (χ1v) is 13.1. The van der Waals surface area contributed by atoms with E-state index in [1.807, 2.05) is 66.2 Å². The maximum atomic E-state index is 13.7. The number of halogens is 1. The minimum atomic E-state index is -0.565. The summed E-state index contributed by atoms with van der Waals surface area (Å²) in [4.78, 5) is 18.9. The highest BCUT2D eigenvalue weighted by molar-refractivity contribution is 6.30. The van der Waals surface area contributed by atoms with Gasteiger partial charge in [0.05, 0.1) is 18.3 Å². The molecule has 0 spiro atoms. The Kier molecular flexibility index (Phi) is 7.19. The summed E-state index contributed by atoms with van der Waals surface area (Å²) in [5.74, 6) is 1.36. The quantitative estimate of drug-likeness (QED) is 0.251. The van der Waals surface area contributed by atoms with Crippen LogP contribution in [0.3, 0.4) is 0 Å². The first-order valence-electron chi connectivity index (χ1n) is 12.7. The van der Waals surface area contributed by atoms with Crippen LogP contribution in [-0.2, 0) is 18.6 Å². The highest BCUT2D eigenvalue weighted by Crippen LogP contribution is 2.33. The fourth-order valence-corrected chi connectivity index (χ4v) is 4.78. The highest BCUT2D eigenvalue weighted by Gasteiger charge is 2.35. The Labute approximate surface area is 226 Å². The molecule has 5 rings (SSSR count). The summed E-state index contributed by atoms with van der Waals surface area (Å²) in [6.07, 6.45) is 2.46. The van der Waals surface area contributed by atoms with Crippen molar-refractivity contribution in [1.29, 1.82) is 0 Å². The van der Waals surface area contributed by atoms with Crippen molar-refractivity contribution in [3.05, 3.63) is 111 Å². The number of fused-ring (bicyclic) bond motifs is 1. The Morgan fingerprint density at radius 3 is 2.61 bits per heavy atom. The molecule has 0 bridgehead atoms. The monoisotopic (exact) mass is 530 g/mol. The lowest BCUT2D eigenvalue weighted by molar-refractivity contribution is 0.168. The molecule has 9 heteroatoms. The van der Waals surface area contributed by atoms with Crippen molar-refractivity contribution in [2.24, 2.45) is 0 Å². The van der Waals surface area contributed by atoms with Gasteiger partial charge in [-0.3, -0.25) is 9.69 Å². The molecule has 2 aromatic carbocycles. The van der Waals surface area contributed by atoms with Crippen LogP contribution in [-0.4, -0.2) is 30.1 Å². The molecule has 0 aliphatic carbocycles. The largest absolute Gasteiger partial charge is 0.468 e. The summed E-state index contributed by atoms with van der Waals surface area (Å²) in [5, 5.41) is 14.6. The van der Waals surface area contributed by atoms with E-state index in [1.54, 1.807) is 6.26 Å². The van der Waals surface area contributed by atoms with Gasteiger partial charge < -0.3 is 9.40 Å². The second kappa shape index (κ2) is 10.6. The maximum absolute atomic E-state index is 13.7. The molecule has 8 nitrogen and oxygen atoms in total. The van der Waals surface area contributed by atoms with Gasteiger partial charge in [0.1, 0.15) is 11.8 Å². The topological polar surface area (TPSA) is 92.8 Å². The number of tetrazole rings is 1. The fourth-order valence-electron chi connectivity index (χ4n) is 4.66. The van der Waals surface area contributed by atoms with Gasteiger partial charge in [-0.05, 0) is 91.0 Å². The van der Waals surface area contributed by atoms with E-state index in [1.165, 1.54) is 0 Å². The van der Waals surface area contributed by atoms with Gasteiger partial charge in [0.2, 0.25) is 0 Å². The van der Waals surface area contributed by atoms with E-state index in [0.29, 0.717) is 29.5 Å². The van der Waals surface area contributed by atoms with Crippen LogP contribution in [0.4, 0.5) is 0 Å². The average molecular weight is 531 g/mol. The lowest BCUT2D eigenvalue weighted by atomic mass is 9.98. The molecule has 0 radical (unpaired) electrons. The summed E-state index contributed by atoms with van der Waals surface area (Å²) >= 11 is 6.18. The molecular weight excluding hydrogens is 500 g/mol. The summed E-state index contributed by atoms with van der Waals surface area (Å²) < 4.78 is 7.59. The molecule has 0 amide bonds. The molecule has 3 aromatic heterocycles. The van der Waals surface area contributed by atoms with E-state index in [2.05, 4.69) is 52.2 Å². The normalized spacial score (nSPS) is 12.9. The maximum Gasteiger partial charge on any atom is 0.253 e. The molecule has 0 aliphatic heterocycles. The van der Waals surface area contributed by atoms with Crippen molar-refractivity contribution in [3.63, 3.8) is 0 Å². The molecule has 1 atom stereocenters. The third-order valence-electron chi connectivity index (χ3n) is 7.10. The fraction of sp³-hybridized carbons (Fsp3) is 0.310. The predicted octanol–water partition coefficient (Wildman–Crippen LogP) is 6.01. The van der Waals surface area contributed by atoms with Gasteiger partial charge in [0.25, 0.3) is 5.56 Å². The standard InChI is InChI=1S/C29H31ClN6O2/c1-5-29(3,4)36-27(32-33-34-36)26(24-16-21-15-19(2)8-13-25(21)31-28(24)37)35(18-23-7-6-14-38-23)17-20-9-11-22(30)12-10-20/h6-16,26H,5,17-18H2,1-4H3,(H,31,37). The number of rotatable bonds is 9. The molecular formula is C29H31ClN6O2. The zero-order valence-corrected chi connectivity index (χ0v) is 22.7. The molecule has 0 saturated carbocycles. The third kappa shape index (κ3) is 5.28. The van der Waals surface area contributed by atoms with Gasteiger partial charge in [-0.25, -0.2) is 4.68 Å². The number of hydrogen-bond acceptors (Lipinski definition) is 6. The van der Waals surface area contributed by atoms with Crippen LogP contribution in [0.2, 0.25) is 5.02 Å². The van der Waals surface area contributed by atoms with Crippen LogP contribution >= 0.6 is 11.6 Å². The van der Waals surface area contributed by atoms with Gasteiger partial charge in [-0.1, -0.05) is 42.3 Å². The van der Waals surface area contributed by atoms with E-state index in [9.17, 15) is 4.79 Å². The van der Waals surface area contributed by atoms with Crippen molar-refractivity contribution in [3.8, 4) is 0 Å². The van der Waals surface area contributed by atoms with Crippen LogP contribution in [0.1, 0.15) is 61.5 Å². The molecule has 38 heavy (non-hydrogen) atoms. The van der Waals surface area contributed by atoms with Crippen LogP contribution in [0.25, 0.3) is 10.9 Å². The number of aromatic amines is 1. The van der Waals surface area contributed by atoms with E-state index in [-0.39, 0.29) is 11.1 Å². The second-order valence-electron chi connectivity index (χ2n) is 10.3. The van der Waals surface area contributed by atoms with Crippen LogP contribution in [0, 0.1) is 6.92 Å². The molecule has 1 N–H and O–H groups in total. The minimum Gasteiger partial charge on any atom is -0.468 e. The zero-order chi connectivity index (χ0) is 26.9. The van der Waals surface area contributed by atoms with E-state index >= 15 is 0 Å². The summed E-state index contributed by atoms with van der Waals surface area (Å²) in [6, 6.07) is 18.9. The minimum absolute atomic E-state index is 0.184. The lowest BCUT2D eigenvalue weighted by Crippen LogP contribution is -2.38. The van der Waals surface area contributed by atoms with E-state index < -0.39 is 6.04 Å².